The highest BCUT2D eigenvalue weighted by Gasteiger charge is 2.19. The lowest BCUT2D eigenvalue weighted by molar-refractivity contribution is 0.0704. The van der Waals surface area contributed by atoms with Crippen molar-refractivity contribution in [2.75, 3.05) is 13.2 Å². The van der Waals surface area contributed by atoms with Crippen LogP contribution < -0.4 is 0 Å². The number of carbonyl (C=O) groups excluding carboxylic acids is 1. The molecule has 0 aromatic heterocycles. The average molecular weight is 388 g/mol. The zero-order valence-electron chi connectivity index (χ0n) is 15.3. The zero-order chi connectivity index (χ0) is 19.8. The molecular weight excluding hydrogens is 368 g/mol. The molecule has 5 heteroatoms. The van der Waals surface area contributed by atoms with Gasteiger partial charge in [-0.15, -0.1) is 0 Å². The van der Waals surface area contributed by atoms with Crippen LogP contribution in [0.4, 0.5) is 0 Å². The Morgan fingerprint density at radius 1 is 0.929 bits per heavy atom. The van der Waals surface area contributed by atoms with Crippen molar-refractivity contribution in [2.24, 2.45) is 0 Å². The fourth-order valence-corrected chi connectivity index (χ4v) is 3.87. The van der Waals surface area contributed by atoms with Crippen LogP contribution in [0, 0.1) is 11.3 Å². The summed E-state index contributed by atoms with van der Waals surface area (Å²) in [5.41, 5.74) is 2.14. The first kappa shape index (κ1) is 19.7. The van der Waals surface area contributed by atoms with E-state index in [1.807, 2.05) is 66.7 Å². The van der Waals surface area contributed by atoms with Gasteiger partial charge in [-0.05, 0) is 29.8 Å². The van der Waals surface area contributed by atoms with Crippen molar-refractivity contribution in [3.8, 4) is 6.07 Å². The van der Waals surface area contributed by atoms with Gasteiger partial charge in [0.1, 0.15) is 6.07 Å². The Hall–Kier alpha value is -3.07. The van der Waals surface area contributed by atoms with Crippen LogP contribution >= 0.6 is 11.8 Å². The van der Waals surface area contributed by atoms with Crippen molar-refractivity contribution >= 4 is 17.7 Å². The highest BCUT2D eigenvalue weighted by atomic mass is 32.2. The molecule has 0 spiro atoms. The van der Waals surface area contributed by atoms with Crippen LogP contribution in [0.1, 0.15) is 21.5 Å². The Morgan fingerprint density at radius 3 is 2.29 bits per heavy atom. The molecule has 0 saturated carbocycles. The summed E-state index contributed by atoms with van der Waals surface area (Å²) in [6, 6.07) is 26.6. The maximum absolute atomic E-state index is 13.2. The van der Waals surface area contributed by atoms with Gasteiger partial charge in [-0.1, -0.05) is 66.4 Å². The monoisotopic (exact) mass is 388 g/mol. The second-order valence-corrected chi connectivity index (χ2v) is 7.23. The molecule has 28 heavy (non-hydrogen) atoms. The van der Waals surface area contributed by atoms with E-state index in [9.17, 15) is 15.2 Å². The molecule has 0 aliphatic carbocycles. The predicted molar refractivity (Wildman–Crippen MR) is 110 cm³/mol. The van der Waals surface area contributed by atoms with Gasteiger partial charge in [0, 0.05) is 22.9 Å². The highest BCUT2D eigenvalue weighted by molar-refractivity contribution is 7.99. The van der Waals surface area contributed by atoms with E-state index in [2.05, 4.69) is 6.07 Å². The van der Waals surface area contributed by atoms with Crippen LogP contribution in [0.2, 0.25) is 0 Å². The smallest absolute Gasteiger partial charge is 0.255 e. The van der Waals surface area contributed by atoms with E-state index in [-0.39, 0.29) is 19.1 Å². The average Bonchev–Trinajstić information content (AvgIpc) is 2.74. The molecule has 3 rings (SSSR count). The summed E-state index contributed by atoms with van der Waals surface area (Å²) in [5, 5.41) is 18.8. The van der Waals surface area contributed by atoms with Gasteiger partial charge in [0.2, 0.25) is 0 Å². The number of benzene rings is 3. The number of aliphatic hydroxyl groups is 1. The van der Waals surface area contributed by atoms with Gasteiger partial charge < -0.3 is 10.0 Å². The maximum atomic E-state index is 13.2. The summed E-state index contributed by atoms with van der Waals surface area (Å²) < 4.78 is 0. The molecule has 1 amide bonds. The van der Waals surface area contributed by atoms with E-state index in [0.717, 1.165) is 15.4 Å². The van der Waals surface area contributed by atoms with Crippen molar-refractivity contribution in [2.45, 2.75) is 16.3 Å². The van der Waals surface area contributed by atoms with E-state index in [4.69, 9.17) is 0 Å². The Morgan fingerprint density at radius 2 is 1.57 bits per heavy atom. The van der Waals surface area contributed by atoms with E-state index >= 15 is 0 Å². The molecule has 0 aliphatic heterocycles. The first-order valence-electron chi connectivity index (χ1n) is 8.93. The Balaban J connectivity index is 1.89. The topological polar surface area (TPSA) is 64.3 Å². The van der Waals surface area contributed by atoms with Crippen LogP contribution in [0.5, 0.6) is 0 Å². The van der Waals surface area contributed by atoms with Crippen LogP contribution in [-0.4, -0.2) is 29.1 Å². The molecule has 1 N–H and O–H groups in total. The molecule has 0 fully saturated rings. The van der Waals surface area contributed by atoms with Gasteiger partial charge in [0.15, 0.2) is 0 Å². The Kier molecular flexibility index (Phi) is 6.85. The summed E-state index contributed by atoms with van der Waals surface area (Å²) >= 11 is 1.40. The molecule has 0 heterocycles. The van der Waals surface area contributed by atoms with Gasteiger partial charge in [0.05, 0.1) is 17.7 Å². The Labute approximate surface area is 169 Å². The number of nitrogens with zero attached hydrogens (tertiary/aromatic N) is 2. The summed E-state index contributed by atoms with van der Waals surface area (Å²) in [4.78, 5) is 16.5. The van der Waals surface area contributed by atoms with Crippen LogP contribution in [0.3, 0.4) is 0 Å². The molecule has 0 unspecified atom stereocenters. The summed E-state index contributed by atoms with van der Waals surface area (Å²) in [7, 11) is 0. The standard InChI is InChI=1S/C23H20N2O2S/c24-16-19-10-4-6-12-21(19)28-22-13-7-5-11-20(22)23(27)25(14-15-26)17-18-8-2-1-3-9-18/h1-13,26H,14-15,17H2. The maximum Gasteiger partial charge on any atom is 0.255 e. The van der Waals surface area contributed by atoms with Crippen molar-refractivity contribution in [3.63, 3.8) is 0 Å². The minimum absolute atomic E-state index is 0.106. The molecule has 3 aromatic carbocycles. The summed E-state index contributed by atoms with van der Waals surface area (Å²) in [5.74, 6) is -0.143. The normalized spacial score (nSPS) is 10.3. The predicted octanol–water partition coefficient (Wildman–Crippen LogP) is 4.34. The molecule has 0 bridgehead atoms. The first-order valence-corrected chi connectivity index (χ1v) is 9.74. The molecule has 0 aliphatic rings. The fourth-order valence-electron chi connectivity index (χ4n) is 2.85. The summed E-state index contributed by atoms with van der Waals surface area (Å²) in [6.45, 7) is 0.570. The highest BCUT2D eigenvalue weighted by Crippen LogP contribution is 2.33. The number of hydrogen-bond acceptors (Lipinski definition) is 4. The number of amides is 1. The van der Waals surface area contributed by atoms with Gasteiger partial charge in [-0.25, -0.2) is 0 Å². The van der Waals surface area contributed by atoms with Crippen molar-refractivity contribution in [3.05, 3.63) is 95.6 Å². The van der Waals surface area contributed by atoms with Gasteiger partial charge in [0.25, 0.3) is 5.91 Å². The SMILES string of the molecule is N#Cc1ccccc1Sc1ccccc1C(=O)N(CCO)Cc1ccccc1. The number of hydrogen-bond donors (Lipinski definition) is 1. The lowest BCUT2D eigenvalue weighted by Gasteiger charge is -2.23. The number of nitriles is 1. The van der Waals surface area contributed by atoms with Gasteiger partial charge >= 0.3 is 0 Å². The minimum Gasteiger partial charge on any atom is -0.395 e. The quantitative estimate of drug-likeness (QED) is 0.654. The van der Waals surface area contributed by atoms with Crippen LogP contribution in [-0.2, 0) is 6.54 Å². The summed E-state index contributed by atoms with van der Waals surface area (Å²) in [6.07, 6.45) is 0. The molecule has 4 nitrogen and oxygen atoms in total. The fraction of sp³-hybridized carbons (Fsp3) is 0.130. The van der Waals surface area contributed by atoms with Crippen molar-refractivity contribution < 1.29 is 9.90 Å². The molecular formula is C23H20N2O2S. The van der Waals surface area contributed by atoms with E-state index < -0.39 is 0 Å². The van der Waals surface area contributed by atoms with Gasteiger partial charge in [-0.2, -0.15) is 5.26 Å². The molecule has 0 saturated heterocycles. The Bertz CT molecular complexity index is 983. The third-order valence-corrected chi connectivity index (χ3v) is 5.37. The molecule has 0 radical (unpaired) electrons. The van der Waals surface area contributed by atoms with Crippen molar-refractivity contribution in [1.82, 2.24) is 4.90 Å². The molecule has 140 valence electrons. The minimum atomic E-state index is -0.143. The zero-order valence-corrected chi connectivity index (χ0v) is 16.1. The largest absolute Gasteiger partial charge is 0.395 e. The molecule has 3 aromatic rings. The third-order valence-electron chi connectivity index (χ3n) is 4.22. The van der Waals surface area contributed by atoms with Crippen LogP contribution in [0.25, 0.3) is 0 Å². The van der Waals surface area contributed by atoms with E-state index in [1.54, 1.807) is 17.0 Å². The molecule has 0 atom stereocenters. The van der Waals surface area contributed by atoms with E-state index in [0.29, 0.717) is 17.7 Å². The van der Waals surface area contributed by atoms with Crippen LogP contribution in [0.15, 0.2) is 88.7 Å². The lowest BCUT2D eigenvalue weighted by Crippen LogP contribution is -2.33. The first-order chi connectivity index (χ1) is 13.7. The van der Waals surface area contributed by atoms with Gasteiger partial charge in [-0.3, -0.25) is 4.79 Å². The third kappa shape index (κ3) is 4.80. The van der Waals surface area contributed by atoms with E-state index in [1.165, 1.54) is 11.8 Å². The van der Waals surface area contributed by atoms with Crippen molar-refractivity contribution in [1.29, 1.82) is 5.26 Å². The lowest BCUT2D eigenvalue weighted by atomic mass is 10.1. The second kappa shape index (κ2) is 9.75. The number of aliphatic hydroxyl groups excluding tert-OH is 1. The number of rotatable bonds is 7. The second-order valence-electron chi connectivity index (χ2n) is 6.14. The number of carbonyl (C=O) groups is 1.